The SMILES string of the molecule is C[C@@]12C=C[C@H](O1)[C@H]1C(=O)N(c3cccc(C(=O)[O-])c3)C(=O)[C@@H]12. The number of hydrogen-bond donors (Lipinski definition) is 0. The predicted molar refractivity (Wildman–Crippen MR) is 72.7 cm³/mol. The minimum Gasteiger partial charge on any atom is -0.545 e. The molecule has 22 heavy (non-hydrogen) atoms. The number of ether oxygens (including phenoxy) is 1. The van der Waals surface area contributed by atoms with Crippen molar-refractivity contribution >= 4 is 23.5 Å². The van der Waals surface area contributed by atoms with E-state index in [4.69, 9.17) is 4.74 Å². The number of nitrogens with zero attached hydrogens (tertiary/aromatic N) is 1. The molecule has 2 amide bonds. The van der Waals surface area contributed by atoms with Crippen molar-refractivity contribution in [3.05, 3.63) is 42.0 Å². The summed E-state index contributed by atoms with van der Waals surface area (Å²) in [6.45, 7) is 1.79. The summed E-state index contributed by atoms with van der Waals surface area (Å²) in [5, 5.41) is 11.0. The Hall–Kier alpha value is -2.47. The highest BCUT2D eigenvalue weighted by Crippen LogP contribution is 2.52. The third-order valence-electron chi connectivity index (χ3n) is 4.67. The quantitative estimate of drug-likeness (QED) is 0.561. The molecule has 2 bridgehead atoms. The summed E-state index contributed by atoms with van der Waals surface area (Å²) >= 11 is 0. The molecule has 3 heterocycles. The Morgan fingerprint density at radius 1 is 1.32 bits per heavy atom. The van der Waals surface area contributed by atoms with Crippen LogP contribution in [0.5, 0.6) is 0 Å². The van der Waals surface area contributed by atoms with Gasteiger partial charge in [-0.1, -0.05) is 24.3 Å². The fraction of sp³-hybridized carbons (Fsp3) is 0.312. The molecule has 0 aromatic heterocycles. The van der Waals surface area contributed by atoms with Gasteiger partial charge in [0, 0.05) is 0 Å². The van der Waals surface area contributed by atoms with Gasteiger partial charge >= 0.3 is 0 Å². The molecule has 6 heteroatoms. The number of carboxylic acid groups (broad SMARTS) is 1. The normalized spacial score (nSPS) is 35.3. The molecule has 3 aliphatic heterocycles. The Bertz CT molecular complexity index is 755. The highest BCUT2D eigenvalue weighted by atomic mass is 16.5. The Labute approximate surface area is 126 Å². The second-order valence-electron chi connectivity index (χ2n) is 5.98. The van der Waals surface area contributed by atoms with Crippen LogP contribution < -0.4 is 10.0 Å². The maximum Gasteiger partial charge on any atom is 0.241 e. The second-order valence-corrected chi connectivity index (χ2v) is 5.98. The van der Waals surface area contributed by atoms with Crippen LogP contribution in [0.4, 0.5) is 5.69 Å². The van der Waals surface area contributed by atoms with E-state index in [1.807, 2.05) is 12.2 Å². The molecule has 3 aliphatic rings. The van der Waals surface area contributed by atoms with E-state index in [0.29, 0.717) is 0 Å². The largest absolute Gasteiger partial charge is 0.545 e. The number of amides is 2. The predicted octanol–water partition coefficient (Wildman–Crippen LogP) is -0.117. The van der Waals surface area contributed by atoms with Gasteiger partial charge in [-0.2, -0.15) is 0 Å². The number of aromatic carboxylic acids is 1. The first-order valence-corrected chi connectivity index (χ1v) is 6.99. The number of carboxylic acids is 1. The number of hydrogen-bond acceptors (Lipinski definition) is 5. The van der Waals surface area contributed by atoms with Gasteiger partial charge in [0.15, 0.2) is 0 Å². The van der Waals surface area contributed by atoms with Crippen molar-refractivity contribution < 1.29 is 24.2 Å². The van der Waals surface area contributed by atoms with Crippen LogP contribution in [-0.4, -0.2) is 29.5 Å². The Kier molecular flexibility index (Phi) is 2.43. The van der Waals surface area contributed by atoms with Crippen LogP contribution >= 0.6 is 0 Å². The highest BCUT2D eigenvalue weighted by Gasteiger charge is 2.66. The van der Waals surface area contributed by atoms with Gasteiger partial charge in [0.25, 0.3) is 0 Å². The van der Waals surface area contributed by atoms with E-state index >= 15 is 0 Å². The lowest BCUT2D eigenvalue weighted by atomic mass is 9.78. The number of carbonyl (C=O) groups excluding carboxylic acids is 3. The third-order valence-corrected chi connectivity index (χ3v) is 4.67. The molecular formula is C16H12NO5-. The lowest BCUT2D eigenvalue weighted by molar-refractivity contribution is -0.255. The highest BCUT2D eigenvalue weighted by molar-refractivity contribution is 6.23. The van der Waals surface area contributed by atoms with Crippen molar-refractivity contribution in [1.29, 1.82) is 0 Å². The molecule has 0 radical (unpaired) electrons. The topological polar surface area (TPSA) is 86.7 Å². The molecule has 4 rings (SSSR count). The number of benzene rings is 1. The van der Waals surface area contributed by atoms with Crippen LogP contribution in [0.3, 0.4) is 0 Å². The third kappa shape index (κ3) is 1.50. The maximum atomic E-state index is 12.7. The molecule has 0 unspecified atom stereocenters. The minimum atomic E-state index is -1.35. The molecule has 1 aromatic rings. The van der Waals surface area contributed by atoms with E-state index in [-0.39, 0.29) is 29.2 Å². The maximum absolute atomic E-state index is 12.7. The van der Waals surface area contributed by atoms with Crippen LogP contribution in [0.15, 0.2) is 36.4 Å². The first-order valence-electron chi connectivity index (χ1n) is 6.99. The molecule has 112 valence electrons. The van der Waals surface area contributed by atoms with Gasteiger partial charge in [-0.25, -0.2) is 4.90 Å². The fourth-order valence-corrected chi connectivity index (χ4v) is 3.68. The summed E-state index contributed by atoms with van der Waals surface area (Å²) in [4.78, 5) is 37.4. The van der Waals surface area contributed by atoms with Crippen molar-refractivity contribution in [1.82, 2.24) is 0 Å². The van der Waals surface area contributed by atoms with E-state index in [1.54, 1.807) is 13.0 Å². The summed E-state index contributed by atoms with van der Waals surface area (Å²) in [6, 6.07) is 5.67. The average molecular weight is 298 g/mol. The van der Waals surface area contributed by atoms with Crippen molar-refractivity contribution in [3.8, 4) is 0 Å². The molecule has 0 aliphatic carbocycles. The zero-order valence-corrected chi connectivity index (χ0v) is 11.7. The number of carbonyl (C=O) groups is 3. The first kappa shape index (κ1) is 13.2. The van der Waals surface area contributed by atoms with Crippen LogP contribution in [-0.2, 0) is 14.3 Å². The van der Waals surface area contributed by atoms with Crippen LogP contribution in [0.2, 0.25) is 0 Å². The summed E-state index contributed by atoms with van der Waals surface area (Å²) in [5.74, 6) is -3.13. The van der Waals surface area contributed by atoms with Gasteiger partial charge < -0.3 is 14.6 Å². The molecule has 0 saturated carbocycles. The number of anilines is 1. The standard InChI is InChI=1S/C16H13NO5/c1-16-6-5-10(22-16)11-12(16)14(19)17(13(11)18)9-4-2-3-8(7-9)15(20)21/h2-7,10-12H,1H3,(H,20,21)/p-1/t10-,11+,12+,16-/m0/s1. The van der Waals surface area contributed by atoms with Crippen molar-refractivity contribution in [3.63, 3.8) is 0 Å². The Morgan fingerprint density at radius 3 is 2.77 bits per heavy atom. The summed E-state index contributed by atoms with van der Waals surface area (Å²) in [6.07, 6.45) is 3.25. The van der Waals surface area contributed by atoms with Crippen molar-refractivity contribution in [2.45, 2.75) is 18.6 Å². The number of fused-ring (bicyclic) bond motifs is 5. The zero-order valence-electron chi connectivity index (χ0n) is 11.7. The van der Waals surface area contributed by atoms with Crippen LogP contribution in [0.1, 0.15) is 17.3 Å². The van der Waals surface area contributed by atoms with Crippen molar-refractivity contribution in [2.24, 2.45) is 11.8 Å². The van der Waals surface area contributed by atoms with Gasteiger partial charge in [-0.05, 0) is 24.6 Å². The fourth-order valence-electron chi connectivity index (χ4n) is 3.68. The molecule has 4 atom stereocenters. The van der Waals surface area contributed by atoms with Crippen molar-refractivity contribution in [2.75, 3.05) is 4.90 Å². The Balaban J connectivity index is 1.77. The first-order chi connectivity index (χ1) is 10.4. The van der Waals surface area contributed by atoms with Gasteiger partial charge in [0.2, 0.25) is 11.8 Å². The molecule has 0 spiro atoms. The van der Waals surface area contributed by atoms with Gasteiger partial charge in [-0.3, -0.25) is 9.59 Å². The van der Waals surface area contributed by atoms with Gasteiger partial charge in [0.1, 0.15) is 0 Å². The summed E-state index contributed by atoms with van der Waals surface area (Å²) in [5.41, 5.74) is -0.573. The van der Waals surface area contributed by atoms with Crippen LogP contribution in [0.25, 0.3) is 0 Å². The summed E-state index contributed by atoms with van der Waals surface area (Å²) in [7, 11) is 0. The van der Waals surface area contributed by atoms with E-state index < -0.39 is 23.4 Å². The lowest BCUT2D eigenvalue weighted by Gasteiger charge is -2.24. The molecular weight excluding hydrogens is 286 g/mol. The molecule has 2 saturated heterocycles. The molecule has 0 N–H and O–H groups in total. The smallest absolute Gasteiger partial charge is 0.241 e. The monoisotopic (exact) mass is 298 g/mol. The average Bonchev–Trinajstić information content (AvgIpc) is 3.08. The van der Waals surface area contributed by atoms with E-state index in [0.717, 1.165) is 4.90 Å². The van der Waals surface area contributed by atoms with Crippen LogP contribution in [0, 0.1) is 11.8 Å². The number of rotatable bonds is 2. The van der Waals surface area contributed by atoms with E-state index in [2.05, 4.69) is 0 Å². The molecule has 2 fully saturated rings. The number of imide groups is 1. The molecule has 6 nitrogen and oxygen atoms in total. The zero-order chi connectivity index (χ0) is 15.6. The second kappa shape index (κ2) is 4.04. The van der Waals surface area contributed by atoms with Gasteiger partial charge in [0.05, 0.1) is 35.2 Å². The lowest BCUT2D eigenvalue weighted by Crippen LogP contribution is -2.38. The minimum absolute atomic E-state index is 0.0706. The summed E-state index contributed by atoms with van der Waals surface area (Å²) < 4.78 is 5.73. The van der Waals surface area contributed by atoms with Gasteiger partial charge in [-0.15, -0.1) is 0 Å². The molecule has 1 aromatic carbocycles. The van der Waals surface area contributed by atoms with E-state index in [1.165, 1.54) is 18.2 Å². The van der Waals surface area contributed by atoms with E-state index in [9.17, 15) is 19.5 Å². The Morgan fingerprint density at radius 2 is 2.09 bits per heavy atom.